The van der Waals surface area contributed by atoms with Crippen LogP contribution in [0, 0.1) is 0 Å². The van der Waals surface area contributed by atoms with E-state index >= 15 is 0 Å². The van der Waals surface area contributed by atoms with E-state index in [1.165, 1.54) is 20.4 Å². The van der Waals surface area contributed by atoms with Crippen LogP contribution in [0.1, 0.15) is 16.1 Å². The van der Waals surface area contributed by atoms with E-state index in [1.807, 2.05) is 6.07 Å². The van der Waals surface area contributed by atoms with Crippen molar-refractivity contribution in [1.82, 2.24) is 14.2 Å². The predicted octanol–water partition coefficient (Wildman–Crippen LogP) is 2.46. The van der Waals surface area contributed by atoms with Crippen molar-refractivity contribution in [3.05, 3.63) is 56.2 Å². The number of halogens is 1. The van der Waals surface area contributed by atoms with Crippen LogP contribution < -0.4 is 5.69 Å². The number of carbonyl (C=O) groups excluding carboxylic acids is 1. The van der Waals surface area contributed by atoms with Crippen molar-refractivity contribution in [2.24, 2.45) is 0 Å². The maximum absolute atomic E-state index is 12.0. The Bertz CT molecular complexity index is 867. The Morgan fingerprint density at radius 1 is 1.32 bits per heavy atom. The fourth-order valence-electron chi connectivity index (χ4n) is 1.99. The molecule has 0 fully saturated rings. The van der Waals surface area contributed by atoms with Crippen molar-refractivity contribution >= 4 is 34.6 Å². The fourth-order valence-corrected chi connectivity index (χ4v) is 2.92. The molecule has 0 aliphatic rings. The molecule has 0 N–H and O–H groups in total. The van der Waals surface area contributed by atoms with E-state index in [9.17, 15) is 9.59 Å². The fraction of sp³-hybridized carbons (Fsp3) is 0.214. The molecular formula is C14H12ClN3O3S. The topological polar surface area (TPSA) is 65.6 Å². The molecule has 0 saturated heterocycles. The highest BCUT2D eigenvalue weighted by Crippen LogP contribution is 2.21. The molecule has 0 unspecified atom stereocenters. The molecule has 22 heavy (non-hydrogen) atoms. The van der Waals surface area contributed by atoms with Crippen LogP contribution in [0.5, 0.6) is 0 Å². The summed E-state index contributed by atoms with van der Waals surface area (Å²) in [6.45, 7) is 0.605. The van der Waals surface area contributed by atoms with Crippen molar-refractivity contribution in [2.45, 2.75) is 13.0 Å². The molecule has 0 bridgehead atoms. The Balaban J connectivity index is 1.55. The van der Waals surface area contributed by atoms with E-state index in [2.05, 4.69) is 5.10 Å². The second-order valence-electron chi connectivity index (χ2n) is 4.53. The number of hydrogen-bond donors (Lipinski definition) is 0. The highest BCUT2D eigenvalue weighted by atomic mass is 35.5. The molecule has 3 aromatic heterocycles. The highest BCUT2D eigenvalue weighted by molar-refractivity contribution is 7.17. The van der Waals surface area contributed by atoms with Gasteiger partial charge in [-0.05, 0) is 24.3 Å². The van der Waals surface area contributed by atoms with Gasteiger partial charge in [-0.1, -0.05) is 17.7 Å². The molecular weight excluding hydrogens is 326 g/mol. The molecule has 6 nitrogen and oxygen atoms in total. The van der Waals surface area contributed by atoms with Crippen molar-refractivity contribution in [1.29, 1.82) is 0 Å². The van der Waals surface area contributed by atoms with Gasteiger partial charge in [-0.2, -0.15) is 0 Å². The average Bonchev–Trinajstić information content (AvgIpc) is 3.08. The summed E-state index contributed by atoms with van der Waals surface area (Å²) >= 11 is 6.94. The summed E-state index contributed by atoms with van der Waals surface area (Å²) in [5.41, 5.74) is 0.393. The minimum absolute atomic E-state index is 0.202. The number of rotatable bonds is 5. The maximum Gasteiger partial charge on any atom is 0.350 e. The van der Waals surface area contributed by atoms with Crippen LogP contribution in [0.15, 0.2) is 41.3 Å². The predicted molar refractivity (Wildman–Crippen MR) is 83.7 cm³/mol. The van der Waals surface area contributed by atoms with Gasteiger partial charge in [-0.3, -0.25) is 4.40 Å². The van der Waals surface area contributed by atoms with Crippen molar-refractivity contribution < 1.29 is 9.53 Å². The lowest BCUT2D eigenvalue weighted by Gasteiger charge is -2.02. The Hall–Kier alpha value is -2.12. The van der Waals surface area contributed by atoms with Crippen LogP contribution in [0.25, 0.3) is 5.65 Å². The first-order valence-electron chi connectivity index (χ1n) is 6.62. The summed E-state index contributed by atoms with van der Waals surface area (Å²) in [5, 5.41) is 4.20. The first-order chi connectivity index (χ1) is 10.6. The van der Waals surface area contributed by atoms with E-state index in [1.54, 1.807) is 30.5 Å². The van der Waals surface area contributed by atoms with Gasteiger partial charge in [0.1, 0.15) is 4.88 Å². The summed E-state index contributed by atoms with van der Waals surface area (Å²) in [5.74, 6) is -0.403. The zero-order valence-electron chi connectivity index (χ0n) is 11.4. The summed E-state index contributed by atoms with van der Waals surface area (Å²) in [7, 11) is 0. The van der Waals surface area contributed by atoms with E-state index in [-0.39, 0.29) is 12.3 Å². The Morgan fingerprint density at radius 3 is 2.91 bits per heavy atom. The molecule has 0 radical (unpaired) electrons. The van der Waals surface area contributed by atoms with Crippen molar-refractivity contribution in [3.8, 4) is 0 Å². The lowest BCUT2D eigenvalue weighted by Crippen LogP contribution is -2.22. The van der Waals surface area contributed by atoms with E-state index < -0.39 is 5.97 Å². The molecule has 3 aromatic rings. The van der Waals surface area contributed by atoms with Crippen LogP contribution in [0.4, 0.5) is 0 Å². The minimum Gasteiger partial charge on any atom is -0.461 e. The lowest BCUT2D eigenvalue weighted by atomic mass is 10.4. The molecule has 3 rings (SSSR count). The number of aryl methyl sites for hydroxylation is 1. The summed E-state index contributed by atoms with van der Waals surface area (Å²) in [4.78, 5) is 24.2. The first-order valence-corrected chi connectivity index (χ1v) is 7.81. The number of ether oxygens (including phenoxy) is 1. The molecule has 0 amide bonds. The smallest absolute Gasteiger partial charge is 0.350 e. The number of aromatic nitrogens is 3. The zero-order valence-corrected chi connectivity index (χ0v) is 13.0. The minimum atomic E-state index is -0.403. The third-order valence-corrected chi connectivity index (χ3v) is 4.22. The third kappa shape index (κ3) is 3.05. The number of nitrogens with zero attached hydrogens (tertiary/aromatic N) is 3. The summed E-state index contributed by atoms with van der Waals surface area (Å²) in [6.07, 6.45) is 2.18. The lowest BCUT2D eigenvalue weighted by molar-refractivity contribution is 0.0500. The van der Waals surface area contributed by atoms with E-state index in [0.717, 1.165) is 0 Å². The largest absolute Gasteiger partial charge is 0.461 e. The highest BCUT2D eigenvalue weighted by Gasteiger charge is 2.10. The normalized spacial score (nSPS) is 11.0. The van der Waals surface area contributed by atoms with Gasteiger partial charge in [-0.25, -0.2) is 14.3 Å². The zero-order chi connectivity index (χ0) is 15.5. The van der Waals surface area contributed by atoms with Gasteiger partial charge in [0.05, 0.1) is 10.9 Å². The van der Waals surface area contributed by atoms with E-state index in [4.69, 9.17) is 16.3 Å². The molecule has 0 aliphatic carbocycles. The Morgan fingerprint density at radius 2 is 2.18 bits per heavy atom. The standard InChI is InChI=1S/C14H12ClN3O3S/c15-11-6-5-10(22-11)13(19)21-9-3-8-18-14(20)17-7-2-1-4-12(17)16-18/h1-2,4-7H,3,8-9H2. The van der Waals surface area contributed by atoms with Crippen LogP contribution in [-0.2, 0) is 11.3 Å². The van der Waals surface area contributed by atoms with Crippen LogP contribution in [0.2, 0.25) is 4.34 Å². The van der Waals surface area contributed by atoms with Gasteiger partial charge in [0.15, 0.2) is 5.65 Å². The maximum atomic E-state index is 12.0. The summed E-state index contributed by atoms with van der Waals surface area (Å²) in [6, 6.07) is 8.63. The van der Waals surface area contributed by atoms with Crippen LogP contribution in [-0.4, -0.2) is 26.8 Å². The number of fused-ring (bicyclic) bond motifs is 1. The van der Waals surface area contributed by atoms with Gasteiger partial charge in [-0.15, -0.1) is 16.4 Å². The third-order valence-electron chi connectivity index (χ3n) is 3.01. The van der Waals surface area contributed by atoms with Gasteiger partial charge in [0.2, 0.25) is 0 Å². The van der Waals surface area contributed by atoms with Crippen LogP contribution >= 0.6 is 22.9 Å². The van der Waals surface area contributed by atoms with Gasteiger partial charge in [0.25, 0.3) is 0 Å². The second kappa shape index (κ2) is 6.33. The molecule has 8 heteroatoms. The van der Waals surface area contributed by atoms with Crippen molar-refractivity contribution in [2.75, 3.05) is 6.61 Å². The molecule has 0 aromatic carbocycles. The number of hydrogen-bond acceptors (Lipinski definition) is 5. The molecule has 0 spiro atoms. The molecule has 0 aliphatic heterocycles. The Labute approximate surface area is 134 Å². The van der Waals surface area contributed by atoms with E-state index in [0.29, 0.717) is 27.8 Å². The van der Waals surface area contributed by atoms with Crippen molar-refractivity contribution in [3.63, 3.8) is 0 Å². The Kier molecular flexibility index (Phi) is 4.26. The monoisotopic (exact) mass is 337 g/mol. The second-order valence-corrected chi connectivity index (χ2v) is 6.24. The van der Waals surface area contributed by atoms with Crippen LogP contribution in [0.3, 0.4) is 0 Å². The molecule has 3 heterocycles. The number of thiophene rings is 1. The number of pyridine rings is 1. The average molecular weight is 338 g/mol. The number of esters is 1. The quantitative estimate of drug-likeness (QED) is 0.530. The van der Waals surface area contributed by atoms with Gasteiger partial charge in [0, 0.05) is 19.2 Å². The van der Waals surface area contributed by atoms with Gasteiger partial charge >= 0.3 is 11.7 Å². The summed E-state index contributed by atoms with van der Waals surface area (Å²) < 4.78 is 8.52. The number of carbonyl (C=O) groups is 1. The molecule has 114 valence electrons. The molecule has 0 saturated carbocycles. The first kappa shape index (κ1) is 14.8. The molecule has 0 atom stereocenters. The SMILES string of the molecule is O=C(OCCCn1nc2ccccn2c1=O)c1ccc(Cl)s1. The van der Waals surface area contributed by atoms with Gasteiger partial charge < -0.3 is 4.74 Å².